The zero-order valence-electron chi connectivity index (χ0n) is 11.3. The predicted octanol–water partition coefficient (Wildman–Crippen LogP) is 1.37. The van der Waals surface area contributed by atoms with Gasteiger partial charge in [-0.05, 0) is 27.7 Å². The number of methoxy groups -OCH3 is 1. The molecular weight excluding hydrogens is 225 g/mol. The Morgan fingerprint density at radius 1 is 1.53 bits per heavy atom. The highest BCUT2D eigenvalue weighted by Crippen LogP contribution is 2.20. The molecule has 0 aliphatic carbocycles. The van der Waals surface area contributed by atoms with Crippen LogP contribution >= 0.6 is 0 Å². The van der Waals surface area contributed by atoms with Gasteiger partial charge in [-0.15, -0.1) is 0 Å². The minimum absolute atomic E-state index is 0.0417. The second-order valence-electron chi connectivity index (χ2n) is 5.26. The maximum Gasteiger partial charge on any atom is 0.210 e. The van der Waals surface area contributed by atoms with Crippen molar-refractivity contribution < 1.29 is 19.0 Å². The van der Waals surface area contributed by atoms with Crippen LogP contribution in [-0.4, -0.2) is 54.0 Å². The summed E-state index contributed by atoms with van der Waals surface area (Å²) in [6.07, 6.45) is -0.756. The fourth-order valence-electron chi connectivity index (χ4n) is 1.43. The number of halogens is 1. The highest BCUT2D eigenvalue weighted by molar-refractivity contribution is 5.48. The maximum atomic E-state index is 12.7. The molecule has 1 aliphatic heterocycles. The van der Waals surface area contributed by atoms with Crippen molar-refractivity contribution in [2.75, 3.05) is 13.7 Å². The molecule has 0 aromatic heterocycles. The number of alkyl halides is 1. The molecule has 5 heteroatoms. The average molecular weight is 249 g/mol. The number of aliphatic hydroxyl groups excluding tert-OH is 1. The predicted molar refractivity (Wildman–Crippen MR) is 64.5 cm³/mol. The van der Waals surface area contributed by atoms with Gasteiger partial charge in [0.1, 0.15) is 6.17 Å². The van der Waals surface area contributed by atoms with Crippen molar-refractivity contribution in [3.8, 4) is 0 Å². The van der Waals surface area contributed by atoms with Crippen LogP contribution in [0.15, 0.2) is 0 Å². The van der Waals surface area contributed by atoms with E-state index in [1.54, 1.807) is 14.0 Å². The van der Waals surface area contributed by atoms with Gasteiger partial charge in [0.25, 0.3) is 0 Å². The first-order valence-corrected chi connectivity index (χ1v) is 5.79. The second kappa shape index (κ2) is 6.91. The van der Waals surface area contributed by atoms with E-state index in [0.29, 0.717) is 6.41 Å². The Bertz CT molecular complexity index is 228. The maximum absolute atomic E-state index is 12.7. The molecule has 0 radical (unpaired) electrons. The van der Waals surface area contributed by atoms with E-state index in [4.69, 9.17) is 9.84 Å². The number of likely N-dealkylation sites (tertiary alicyclic amines) is 1. The molecule has 1 fully saturated rings. The number of hydrogen-bond donors (Lipinski definition) is 1. The Morgan fingerprint density at radius 2 is 2.00 bits per heavy atom. The van der Waals surface area contributed by atoms with Crippen LogP contribution in [-0.2, 0) is 9.53 Å². The first-order chi connectivity index (χ1) is 7.71. The van der Waals surface area contributed by atoms with Crippen LogP contribution < -0.4 is 0 Å². The zero-order chi connectivity index (χ0) is 13.6. The number of amides is 1. The lowest BCUT2D eigenvalue weighted by Gasteiger charge is -2.21. The van der Waals surface area contributed by atoms with E-state index in [9.17, 15) is 9.18 Å². The Balaban J connectivity index is 0.000000366. The van der Waals surface area contributed by atoms with Gasteiger partial charge in [-0.3, -0.25) is 4.79 Å². The quantitative estimate of drug-likeness (QED) is 0.752. The monoisotopic (exact) mass is 249 g/mol. The van der Waals surface area contributed by atoms with E-state index >= 15 is 0 Å². The third kappa shape index (κ3) is 6.58. The van der Waals surface area contributed by atoms with E-state index in [-0.39, 0.29) is 24.6 Å². The number of carbonyl (C=O) groups excluding carboxylic acids is 1. The van der Waals surface area contributed by atoms with E-state index in [1.165, 1.54) is 4.90 Å². The summed E-state index contributed by atoms with van der Waals surface area (Å²) in [5.41, 5.74) is 0.0417. The highest BCUT2D eigenvalue weighted by atomic mass is 19.1. The van der Waals surface area contributed by atoms with Crippen LogP contribution in [0.1, 0.15) is 34.1 Å². The van der Waals surface area contributed by atoms with Crippen LogP contribution in [0.25, 0.3) is 0 Å². The van der Waals surface area contributed by atoms with Crippen molar-refractivity contribution in [3.05, 3.63) is 0 Å². The standard InChI is InChI=1S/C7H12FNO2.C5H12O/c1-5(11)7-2-6(8)3-9(7)4-10;1-5(2,3)6-4/h4-7,11H,2-3H2,1H3;1-4H3/t5?,6-,7?;/m0./s1. The lowest BCUT2D eigenvalue weighted by Crippen LogP contribution is -2.36. The van der Waals surface area contributed by atoms with Crippen molar-refractivity contribution in [3.63, 3.8) is 0 Å². The number of nitrogens with zero attached hydrogens (tertiary/aromatic N) is 1. The van der Waals surface area contributed by atoms with Crippen molar-refractivity contribution >= 4 is 6.41 Å². The zero-order valence-corrected chi connectivity index (χ0v) is 11.3. The minimum Gasteiger partial charge on any atom is -0.391 e. The third-order valence-corrected chi connectivity index (χ3v) is 2.64. The SMILES string of the molecule is CC(O)C1C[C@H](F)CN1C=O.COC(C)(C)C. The first-order valence-electron chi connectivity index (χ1n) is 5.79. The van der Waals surface area contributed by atoms with Gasteiger partial charge in [-0.25, -0.2) is 4.39 Å². The molecule has 17 heavy (non-hydrogen) atoms. The highest BCUT2D eigenvalue weighted by Gasteiger charge is 2.33. The summed E-state index contributed by atoms with van der Waals surface area (Å²) in [7, 11) is 1.71. The summed E-state index contributed by atoms with van der Waals surface area (Å²) in [5, 5.41) is 9.10. The van der Waals surface area contributed by atoms with Gasteiger partial charge < -0.3 is 14.7 Å². The van der Waals surface area contributed by atoms with Crippen LogP contribution in [0.2, 0.25) is 0 Å². The summed E-state index contributed by atoms with van der Waals surface area (Å²) >= 11 is 0. The summed E-state index contributed by atoms with van der Waals surface area (Å²) < 4.78 is 17.6. The van der Waals surface area contributed by atoms with E-state index < -0.39 is 12.3 Å². The molecule has 1 saturated heterocycles. The number of carbonyl (C=O) groups is 1. The number of aliphatic hydroxyl groups is 1. The van der Waals surface area contributed by atoms with Gasteiger partial charge in [0.05, 0.1) is 24.3 Å². The first kappa shape index (κ1) is 16.3. The smallest absolute Gasteiger partial charge is 0.210 e. The van der Waals surface area contributed by atoms with Gasteiger partial charge in [0, 0.05) is 13.5 Å². The molecule has 1 aliphatic rings. The largest absolute Gasteiger partial charge is 0.391 e. The molecule has 4 nitrogen and oxygen atoms in total. The van der Waals surface area contributed by atoms with Crippen LogP contribution in [0, 0.1) is 0 Å². The minimum atomic E-state index is -0.972. The topological polar surface area (TPSA) is 49.8 Å². The fourth-order valence-corrected chi connectivity index (χ4v) is 1.43. The Hall–Kier alpha value is -0.680. The molecular formula is C12H24FNO3. The number of rotatable bonds is 2. The number of ether oxygens (including phenoxy) is 1. The molecule has 102 valence electrons. The summed E-state index contributed by atoms with van der Waals surface area (Å²) in [6.45, 7) is 7.76. The van der Waals surface area contributed by atoms with Crippen molar-refractivity contribution in [2.24, 2.45) is 0 Å². The van der Waals surface area contributed by atoms with Gasteiger partial charge in [-0.2, -0.15) is 0 Å². The lowest BCUT2D eigenvalue weighted by molar-refractivity contribution is -0.120. The molecule has 1 amide bonds. The fraction of sp³-hybridized carbons (Fsp3) is 0.917. The van der Waals surface area contributed by atoms with Crippen LogP contribution in [0.5, 0.6) is 0 Å². The van der Waals surface area contributed by atoms with Crippen molar-refractivity contribution in [1.29, 1.82) is 0 Å². The average Bonchev–Trinajstić information content (AvgIpc) is 2.59. The molecule has 0 aromatic carbocycles. The summed E-state index contributed by atoms with van der Waals surface area (Å²) in [5.74, 6) is 0. The molecule has 2 unspecified atom stereocenters. The molecule has 0 bridgehead atoms. The second-order valence-corrected chi connectivity index (χ2v) is 5.26. The molecule has 0 aromatic rings. The third-order valence-electron chi connectivity index (χ3n) is 2.64. The Labute approximate surface area is 103 Å². The van der Waals surface area contributed by atoms with Crippen molar-refractivity contribution in [1.82, 2.24) is 4.90 Å². The van der Waals surface area contributed by atoms with Gasteiger partial charge >= 0.3 is 0 Å². The molecule has 1 rings (SSSR count). The van der Waals surface area contributed by atoms with E-state index in [2.05, 4.69) is 0 Å². The molecule has 1 heterocycles. The number of hydrogen-bond acceptors (Lipinski definition) is 3. The molecule has 3 atom stereocenters. The molecule has 0 spiro atoms. The summed E-state index contributed by atoms with van der Waals surface area (Å²) in [6, 6.07) is -0.331. The lowest BCUT2D eigenvalue weighted by atomic mass is 10.1. The van der Waals surface area contributed by atoms with Gasteiger partial charge in [-0.1, -0.05) is 0 Å². The normalized spacial score (nSPS) is 26.2. The van der Waals surface area contributed by atoms with Crippen molar-refractivity contribution in [2.45, 2.75) is 58.0 Å². The molecule has 0 saturated carbocycles. The van der Waals surface area contributed by atoms with Gasteiger partial charge in [0.15, 0.2) is 0 Å². The molecule has 1 N–H and O–H groups in total. The summed E-state index contributed by atoms with van der Waals surface area (Å²) in [4.78, 5) is 11.6. The van der Waals surface area contributed by atoms with E-state index in [0.717, 1.165) is 0 Å². The Kier molecular flexibility index (Phi) is 6.64. The van der Waals surface area contributed by atoms with Crippen LogP contribution in [0.4, 0.5) is 4.39 Å². The van der Waals surface area contributed by atoms with E-state index in [1.807, 2.05) is 20.8 Å². The van der Waals surface area contributed by atoms with Crippen LogP contribution in [0.3, 0.4) is 0 Å². The van der Waals surface area contributed by atoms with Gasteiger partial charge in [0.2, 0.25) is 6.41 Å². The Morgan fingerprint density at radius 3 is 2.24 bits per heavy atom.